The standard InChI is InChI=1S/C9H18O6/c10-1-8(2-11)5-15-6-9(3-12,4-13)7(8)14/h7,10-14H,1-6H2. The molecule has 0 aromatic rings. The van der Waals surface area contributed by atoms with Crippen molar-refractivity contribution >= 4 is 0 Å². The molecule has 90 valence electrons. The molecule has 1 rings (SSSR count). The van der Waals surface area contributed by atoms with Crippen LogP contribution in [0.1, 0.15) is 0 Å². The van der Waals surface area contributed by atoms with Gasteiger partial charge in [-0.1, -0.05) is 0 Å². The van der Waals surface area contributed by atoms with E-state index in [1.165, 1.54) is 0 Å². The van der Waals surface area contributed by atoms with Crippen molar-refractivity contribution in [3.63, 3.8) is 0 Å². The number of hydrogen-bond donors (Lipinski definition) is 5. The largest absolute Gasteiger partial charge is 0.396 e. The fourth-order valence-electron chi connectivity index (χ4n) is 1.89. The van der Waals surface area contributed by atoms with Crippen LogP contribution in [0.15, 0.2) is 0 Å². The predicted molar refractivity (Wildman–Crippen MR) is 50.0 cm³/mol. The summed E-state index contributed by atoms with van der Waals surface area (Å²) in [6.45, 7) is -1.86. The number of hydrogen-bond acceptors (Lipinski definition) is 6. The van der Waals surface area contributed by atoms with Crippen molar-refractivity contribution in [2.24, 2.45) is 10.8 Å². The van der Waals surface area contributed by atoms with Gasteiger partial charge in [0, 0.05) is 0 Å². The Bertz CT molecular complexity index is 179. The lowest BCUT2D eigenvalue weighted by Crippen LogP contribution is -2.62. The van der Waals surface area contributed by atoms with Gasteiger partial charge in [0.1, 0.15) is 0 Å². The SMILES string of the molecule is OCC1(CO)COCC(CO)(CO)C1O. The van der Waals surface area contributed by atoms with E-state index in [0.29, 0.717) is 0 Å². The minimum atomic E-state index is -1.22. The highest BCUT2D eigenvalue weighted by Crippen LogP contribution is 2.39. The average molecular weight is 222 g/mol. The maximum atomic E-state index is 10.0. The van der Waals surface area contributed by atoms with Gasteiger partial charge < -0.3 is 30.3 Å². The highest BCUT2D eigenvalue weighted by atomic mass is 16.5. The first kappa shape index (κ1) is 12.8. The lowest BCUT2D eigenvalue weighted by Gasteiger charge is -2.49. The molecular weight excluding hydrogens is 204 g/mol. The zero-order chi connectivity index (χ0) is 11.5. The van der Waals surface area contributed by atoms with Gasteiger partial charge in [0.15, 0.2) is 0 Å². The van der Waals surface area contributed by atoms with E-state index in [2.05, 4.69) is 0 Å². The first-order chi connectivity index (χ1) is 7.10. The number of ether oxygens (including phenoxy) is 1. The molecular formula is C9H18O6. The van der Waals surface area contributed by atoms with Crippen LogP contribution in [-0.4, -0.2) is 71.3 Å². The number of aliphatic hydroxyl groups is 5. The first-order valence-electron chi connectivity index (χ1n) is 4.80. The first-order valence-corrected chi connectivity index (χ1v) is 4.80. The van der Waals surface area contributed by atoms with Crippen molar-refractivity contribution in [3.05, 3.63) is 0 Å². The van der Waals surface area contributed by atoms with Crippen LogP contribution in [0.5, 0.6) is 0 Å². The Balaban J connectivity index is 2.95. The summed E-state index contributed by atoms with van der Waals surface area (Å²) in [5, 5.41) is 46.7. The molecule has 1 heterocycles. The fourth-order valence-corrected chi connectivity index (χ4v) is 1.89. The topological polar surface area (TPSA) is 110 Å². The zero-order valence-corrected chi connectivity index (χ0v) is 8.46. The molecule has 5 N–H and O–H groups in total. The minimum absolute atomic E-state index is 0.00289. The molecule has 0 radical (unpaired) electrons. The summed E-state index contributed by atoms with van der Waals surface area (Å²) in [7, 11) is 0. The molecule has 0 aromatic carbocycles. The van der Waals surface area contributed by atoms with Crippen LogP contribution in [0.25, 0.3) is 0 Å². The Morgan fingerprint density at radius 2 is 1.20 bits per heavy atom. The van der Waals surface area contributed by atoms with Gasteiger partial charge in [-0.3, -0.25) is 0 Å². The molecule has 0 aliphatic carbocycles. The van der Waals surface area contributed by atoms with Crippen molar-refractivity contribution < 1.29 is 30.3 Å². The molecule has 1 saturated heterocycles. The maximum absolute atomic E-state index is 10.0. The van der Waals surface area contributed by atoms with Crippen LogP contribution < -0.4 is 0 Å². The normalized spacial score (nSPS) is 25.4. The van der Waals surface area contributed by atoms with Crippen LogP contribution in [0.4, 0.5) is 0 Å². The van der Waals surface area contributed by atoms with Crippen molar-refractivity contribution in [2.45, 2.75) is 6.10 Å². The molecule has 15 heavy (non-hydrogen) atoms. The molecule has 6 heteroatoms. The molecule has 1 aliphatic rings. The third kappa shape index (κ3) is 1.89. The monoisotopic (exact) mass is 222 g/mol. The smallest absolute Gasteiger partial charge is 0.0785 e. The van der Waals surface area contributed by atoms with Crippen molar-refractivity contribution in [1.82, 2.24) is 0 Å². The number of rotatable bonds is 4. The maximum Gasteiger partial charge on any atom is 0.0785 e. The van der Waals surface area contributed by atoms with Crippen molar-refractivity contribution in [1.29, 1.82) is 0 Å². The van der Waals surface area contributed by atoms with E-state index in [4.69, 9.17) is 4.74 Å². The van der Waals surface area contributed by atoms with Gasteiger partial charge in [-0.25, -0.2) is 0 Å². The fraction of sp³-hybridized carbons (Fsp3) is 1.00. The predicted octanol–water partition coefficient (Wildman–Crippen LogP) is -2.68. The van der Waals surface area contributed by atoms with Crippen molar-refractivity contribution in [3.8, 4) is 0 Å². The molecule has 1 fully saturated rings. The zero-order valence-electron chi connectivity index (χ0n) is 8.46. The number of aliphatic hydroxyl groups excluding tert-OH is 5. The Kier molecular flexibility index (Phi) is 4.05. The van der Waals surface area contributed by atoms with E-state index in [0.717, 1.165) is 0 Å². The summed E-state index contributed by atoms with van der Waals surface area (Å²) >= 11 is 0. The van der Waals surface area contributed by atoms with Gasteiger partial charge >= 0.3 is 0 Å². The Hall–Kier alpha value is -0.240. The molecule has 0 saturated carbocycles. The van der Waals surface area contributed by atoms with E-state index in [-0.39, 0.29) is 13.2 Å². The third-order valence-corrected chi connectivity index (χ3v) is 3.20. The third-order valence-electron chi connectivity index (χ3n) is 3.20. The summed E-state index contributed by atoms with van der Waals surface area (Å²) in [6.07, 6.45) is -1.20. The van der Waals surface area contributed by atoms with Crippen LogP contribution >= 0.6 is 0 Å². The summed E-state index contributed by atoms with van der Waals surface area (Å²) in [5.41, 5.74) is -2.44. The van der Waals surface area contributed by atoms with Crippen LogP contribution in [0.2, 0.25) is 0 Å². The average Bonchev–Trinajstić information content (AvgIpc) is 2.30. The second kappa shape index (κ2) is 4.73. The molecule has 0 spiro atoms. The molecule has 0 amide bonds. The summed E-state index contributed by atoms with van der Waals surface area (Å²) in [4.78, 5) is 0. The lowest BCUT2D eigenvalue weighted by atomic mass is 9.68. The van der Waals surface area contributed by atoms with Gasteiger partial charge in [0.05, 0.1) is 56.6 Å². The second-order valence-corrected chi connectivity index (χ2v) is 4.25. The van der Waals surface area contributed by atoms with E-state index in [1.54, 1.807) is 0 Å². The van der Waals surface area contributed by atoms with Gasteiger partial charge in [-0.15, -0.1) is 0 Å². The summed E-state index contributed by atoms with van der Waals surface area (Å²) in [5.74, 6) is 0. The Morgan fingerprint density at radius 1 is 0.867 bits per heavy atom. The Labute approximate surface area is 87.7 Å². The molecule has 0 bridgehead atoms. The highest BCUT2D eigenvalue weighted by molar-refractivity contribution is 5.00. The molecule has 1 aliphatic heterocycles. The van der Waals surface area contributed by atoms with Gasteiger partial charge in [-0.05, 0) is 0 Å². The van der Waals surface area contributed by atoms with E-state index in [9.17, 15) is 25.5 Å². The van der Waals surface area contributed by atoms with Crippen LogP contribution in [0, 0.1) is 10.8 Å². The van der Waals surface area contributed by atoms with Crippen molar-refractivity contribution in [2.75, 3.05) is 39.6 Å². The molecule has 0 aromatic heterocycles. The van der Waals surface area contributed by atoms with E-state index in [1.807, 2.05) is 0 Å². The van der Waals surface area contributed by atoms with Crippen LogP contribution in [0.3, 0.4) is 0 Å². The molecule has 0 atom stereocenters. The molecule has 0 unspecified atom stereocenters. The summed E-state index contributed by atoms with van der Waals surface area (Å²) < 4.78 is 5.14. The second-order valence-electron chi connectivity index (χ2n) is 4.25. The van der Waals surface area contributed by atoms with Gasteiger partial charge in [0.2, 0.25) is 0 Å². The minimum Gasteiger partial charge on any atom is -0.396 e. The highest BCUT2D eigenvalue weighted by Gasteiger charge is 2.53. The van der Waals surface area contributed by atoms with Crippen LogP contribution in [-0.2, 0) is 4.74 Å². The van der Waals surface area contributed by atoms with Gasteiger partial charge in [-0.2, -0.15) is 0 Å². The summed E-state index contributed by atoms with van der Waals surface area (Å²) in [6, 6.07) is 0. The van der Waals surface area contributed by atoms with E-state index < -0.39 is 43.4 Å². The molecule has 6 nitrogen and oxygen atoms in total. The quantitative estimate of drug-likeness (QED) is 0.354. The van der Waals surface area contributed by atoms with E-state index >= 15 is 0 Å². The lowest BCUT2D eigenvalue weighted by molar-refractivity contribution is -0.228. The Morgan fingerprint density at radius 3 is 1.47 bits per heavy atom. The van der Waals surface area contributed by atoms with Gasteiger partial charge in [0.25, 0.3) is 0 Å².